The molecule has 2 amide bonds. The molecule has 0 radical (unpaired) electrons. The second kappa shape index (κ2) is 7.36. The predicted molar refractivity (Wildman–Crippen MR) is 82.5 cm³/mol. The fourth-order valence-electron chi connectivity index (χ4n) is 2.47. The Labute approximate surface area is 154 Å². The van der Waals surface area contributed by atoms with E-state index in [0.29, 0.717) is 12.1 Å². The second-order valence-electron chi connectivity index (χ2n) is 7.30. The Balaban J connectivity index is 3.25. The smallest absolute Gasteiger partial charge is 0.316 e. The lowest BCUT2D eigenvalue weighted by atomic mass is 9.78. The Bertz CT molecular complexity index is 686. The van der Waals surface area contributed by atoms with Gasteiger partial charge >= 0.3 is 24.6 Å². The highest BCUT2D eigenvalue weighted by Gasteiger charge is 2.72. The lowest BCUT2D eigenvalue weighted by molar-refractivity contribution is -0.310. The SMILES string of the molecule is CC(C)(C)CC(NC(=O)Nc1cccc(C(F)(F)F)c1)(C(F)(F)F)C(F)(F)F. The van der Waals surface area contributed by atoms with Crippen molar-refractivity contribution in [3.8, 4) is 0 Å². The lowest BCUT2D eigenvalue weighted by Gasteiger charge is -2.41. The average Bonchev–Trinajstić information content (AvgIpc) is 2.41. The minimum absolute atomic E-state index is 0.381. The van der Waals surface area contributed by atoms with Crippen LogP contribution in [0.25, 0.3) is 0 Å². The first-order valence-electron chi connectivity index (χ1n) is 7.68. The second-order valence-corrected chi connectivity index (χ2v) is 7.30. The summed E-state index contributed by atoms with van der Waals surface area (Å²) in [6.45, 7) is 3.35. The molecule has 0 saturated carbocycles. The molecule has 28 heavy (non-hydrogen) atoms. The minimum atomic E-state index is -5.91. The van der Waals surface area contributed by atoms with Crippen molar-refractivity contribution in [2.24, 2.45) is 5.41 Å². The fourth-order valence-corrected chi connectivity index (χ4v) is 2.47. The molecule has 0 aliphatic heterocycles. The number of carbonyl (C=O) groups excluding carboxylic acids is 1. The van der Waals surface area contributed by atoms with E-state index in [1.165, 1.54) is 0 Å². The summed E-state index contributed by atoms with van der Waals surface area (Å²) < 4.78 is 118. The van der Waals surface area contributed by atoms with Crippen LogP contribution >= 0.6 is 0 Å². The van der Waals surface area contributed by atoms with Gasteiger partial charge in [-0.25, -0.2) is 4.79 Å². The van der Waals surface area contributed by atoms with E-state index in [0.717, 1.165) is 38.2 Å². The highest BCUT2D eigenvalue weighted by molar-refractivity contribution is 5.90. The molecule has 0 aliphatic rings. The molecule has 2 N–H and O–H groups in total. The van der Waals surface area contributed by atoms with Crippen molar-refractivity contribution in [1.82, 2.24) is 5.32 Å². The highest BCUT2D eigenvalue weighted by atomic mass is 19.4. The number of halogens is 9. The largest absolute Gasteiger partial charge is 0.420 e. The number of alkyl halides is 9. The van der Waals surface area contributed by atoms with Gasteiger partial charge in [-0.2, -0.15) is 39.5 Å². The number of carbonyl (C=O) groups is 1. The minimum Gasteiger partial charge on any atom is -0.316 e. The zero-order valence-corrected chi connectivity index (χ0v) is 14.8. The molecule has 0 atom stereocenters. The average molecular weight is 424 g/mol. The zero-order chi connectivity index (χ0) is 22.2. The van der Waals surface area contributed by atoms with Crippen LogP contribution in [0.3, 0.4) is 0 Å². The molecule has 12 heteroatoms. The predicted octanol–water partition coefficient (Wildman–Crippen LogP) is 6.13. The van der Waals surface area contributed by atoms with Gasteiger partial charge in [0, 0.05) is 5.69 Å². The molecular weight excluding hydrogens is 407 g/mol. The topological polar surface area (TPSA) is 41.1 Å². The van der Waals surface area contributed by atoms with Crippen molar-refractivity contribution < 1.29 is 44.3 Å². The number of rotatable bonds is 3. The normalized spacial score (nSPS) is 14.0. The molecule has 3 nitrogen and oxygen atoms in total. The van der Waals surface area contributed by atoms with Gasteiger partial charge in [0.15, 0.2) is 0 Å². The summed E-state index contributed by atoms with van der Waals surface area (Å²) in [4.78, 5) is 11.9. The van der Waals surface area contributed by atoms with Gasteiger partial charge in [-0.3, -0.25) is 0 Å². The number of amides is 2. The maximum Gasteiger partial charge on any atom is 0.420 e. The van der Waals surface area contributed by atoms with E-state index in [1.54, 1.807) is 5.32 Å². The van der Waals surface area contributed by atoms with Crippen LogP contribution in [0.4, 0.5) is 50.0 Å². The maximum atomic E-state index is 13.4. The van der Waals surface area contributed by atoms with Crippen molar-refractivity contribution >= 4 is 11.7 Å². The first-order valence-corrected chi connectivity index (χ1v) is 7.68. The van der Waals surface area contributed by atoms with E-state index >= 15 is 0 Å². The van der Waals surface area contributed by atoms with Crippen LogP contribution in [-0.2, 0) is 6.18 Å². The van der Waals surface area contributed by atoms with Gasteiger partial charge in [-0.1, -0.05) is 26.8 Å². The van der Waals surface area contributed by atoms with E-state index < -0.39 is 53.2 Å². The van der Waals surface area contributed by atoms with Gasteiger partial charge in [0.2, 0.25) is 5.54 Å². The summed E-state index contributed by atoms with van der Waals surface area (Å²) in [5, 5.41) is 2.48. The molecule has 0 fully saturated rings. The Kier molecular flexibility index (Phi) is 6.28. The molecule has 0 saturated heterocycles. The van der Waals surface area contributed by atoms with Crippen molar-refractivity contribution in [3.63, 3.8) is 0 Å². The van der Waals surface area contributed by atoms with Crippen molar-refractivity contribution in [2.75, 3.05) is 5.32 Å². The highest BCUT2D eigenvalue weighted by Crippen LogP contribution is 2.49. The third kappa shape index (κ3) is 5.68. The molecule has 0 aliphatic carbocycles. The molecule has 160 valence electrons. The van der Waals surface area contributed by atoms with Gasteiger partial charge in [-0.05, 0) is 30.0 Å². The van der Waals surface area contributed by atoms with Crippen molar-refractivity contribution in [1.29, 1.82) is 0 Å². The lowest BCUT2D eigenvalue weighted by Crippen LogP contribution is -2.69. The van der Waals surface area contributed by atoms with Gasteiger partial charge in [0.25, 0.3) is 0 Å². The molecule has 1 aromatic carbocycles. The molecule has 0 spiro atoms. The monoisotopic (exact) mass is 424 g/mol. The summed E-state index contributed by atoms with van der Waals surface area (Å²) in [6, 6.07) is 0.790. The molecule has 1 rings (SSSR count). The van der Waals surface area contributed by atoms with Crippen LogP contribution in [0, 0.1) is 5.41 Å². The number of hydrogen-bond acceptors (Lipinski definition) is 1. The Hall–Kier alpha value is -2.14. The van der Waals surface area contributed by atoms with E-state index in [9.17, 15) is 44.3 Å². The summed E-state index contributed by atoms with van der Waals surface area (Å²) >= 11 is 0. The molecule has 0 bridgehead atoms. The van der Waals surface area contributed by atoms with Crippen LogP contribution in [0.2, 0.25) is 0 Å². The van der Waals surface area contributed by atoms with E-state index in [4.69, 9.17) is 0 Å². The van der Waals surface area contributed by atoms with Gasteiger partial charge in [-0.15, -0.1) is 0 Å². The summed E-state index contributed by atoms with van der Waals surface area (Å²) in [5.41, 5.74) is -7.96. The Morgan fingerprint density at radius 2 is 1.39 bits per heavy atom. The van der Waals surface area contributed by atoms with E-state index in [2.05, 4.69) is 0 Å². The number of hydrogen-bond donors (Lipinski definition) is 2. The number of benzene rings is 1. The Morgan fingerprint density at radius 1 is 0.893 bits per heavy atom. The molecule has 0 aromatic heterocycles. The van der Waals surface area contributed by atoms with Crippen LogP contribution in [0.15, 0.2) is 24.3 Å². The molecule has 0 unspecified atom stereocenters. The first kappa shape index (κ1) is 23.9. The van der Waals surface area contributed by atoms with E-state index in [1.807, 2.05) is 0 Å². The third-order valence-corrected chi connectivity index (χ3v) is 3.54. The van der Waals surface area contributed by atoms with E-state index in [-0.39, 0.29) is 0 Å². The molecular formula is C16H17F9N2O. The fraction of sp³-hybridized carbons (Fsp3) is 0.562. The van der Waals surface area contributed by atoms with Crippen molar-refractivity contribution in [3.05, 3.63) is 29.8 Å². The third-order valence-electron chi connectivity index (χ3n) is 3.54. The number of anilines is 1. The van der Waals surface area contributed by atoms with Crippen LogP contribution in [-0.4, -0.2) is 23.9 Å². The maximum absolute atomic E-state index is 13.4. The zero-order valence-electron chi connectivity index (χ0n) is 14.8. The summed E-state index contributed by atoms with van der Waals surface area (Å²) in [5.74, 6) is 0. The quantitative estimate of drug-likeness (QED) is 0.564. The van der Waals surface area contributed by atoms with Gasteiger partial charge in [0.1, 0.15) is 0 Å². The van der Waals surface area contributed by atoms with Crippen LogP contribution in [0.1, 0.15) is 32.8 Å². The number of nitrogens with one attached hydrogen (secondary N) is 2. The van der Waals surface area contributed by atoms with Crippen molar-refractivity contribution in [2.45, 2.75) is 51.3 Å². The molecule has 0 heterocycles. The number of urea groups is 1. The van der Waals surface area contributed by atoms with Crippen LogP contribution < -0.4 is 10.6 Å². The van der Waals surface area contributed by atoms with Gasteiger partial charge < -0.3 is 10.6 Å². The Morgan fingerprint density at radius 3 is 1.79 bits per heavy atom. The molecule has 1 aromatic rings. The van der Waals surface area contributed by atoms with Crippen LogP contribution in [0.5, 0.6) is 0 Å². The summed E-state index contributed by atoms with van der Waals surface area (Å²) in [6.07, 6.45) is -18.2. The van der Waals surface area contributed by atoms with Gasteiger partial charge in [0.05, 0.1) is 5.56 Å². The standard InChI is InChI=1S/C16H17F9N2O/c1-12(2,3)8-13(15(20,21)22,16(23,24)25)27-11(28)26-10-6-4-5-9(7-10)14(17,18)19/h4-7H,8H2,1-3H3,(H2,26,27,28). The summed E-state index contributed by atoms with van der Waals surface area (Å²) in [7, 11) is 0. The first-order chi connectivity index (χ1) is 12.3.